The number of esters is 1. The van der Waals surface area contributed by atoms with Crippen LogP contribution in [0.2, 0.25) is 5.02 Å². The number of methoxy groups -OCH3 is 2. The van der Waals surface area contributed by atoms with Crippen LogP contribution < -0.4 is 0 Å². The number of benzene rings is 1. The van der Waals surface area contributed by atoms with Crippen LogP contribution in [0.4, 0.5) is 4.39 Å². The molecule has 0 N–H and O–H groups in total. The minimum absolute atomic E-state index is 0.0538. The first-order valence-corrected chi connectivity index (χ1v) is 7.49. The van der Waals surface area contributed by atoms with Crippen molar-refractivity contribution in [1.82, 2.24) is 0 Å². The molecular formula is C17H16ClFN2O3. The Labute approximate surface area is 144 Å². The van der Waals surface area contributed by atoms with Crippen LogP contribution >= 0.6 is 11.6 Å². The van der Waals surface area contributed by atoms with Crippen molar-refractivity contribution >= 4 is 23.3 Å². The zero-order valence-electron chi connectivity index (χ0n) is 13.5. The molecule has 1 heterocycles. The Bertz CT molecular complexity index is 768. The minimum atomic E-state index is -0.838. The summed E-state index contributed by atoms with van der Waals surface area (Å²) in [6.07, 6.45) is 0. The number of carbonyl (C=O) groups excluding carboxylic acids is 1. The molecule has 126 valence electrons. The Kier molecular flexibility index (Phi) is 5.71. The quantitative estimate of drug-likeness (QED) is 0.617. The van der Waals surface area contributed by atoms with Gasteiger partial charge in [0.2, 0.25) is 0 Å². The summed E-state index contributed by atoms with van der Waals surface area (Å²) in [5.74, 6) is -2.09. The second-order valence-corrected chi connectivity index (χ2v) is 5.69. The van der Waals surface area contributed by atoms with Crippen LogP contribution in [0.3, 0.4) is 0 Å². The van der Waals surface area contributed by atoms with E-state index in [0.29, 0.717) is 11.4 Å². The zero-order valence-corrected chi connectivity index (χ0v) is 14.2. The van der Waals surface area contributed by atoms with E-state index in [1.807, 2.05) is 0 Å². The number of hydrogen-bond acceptors (Lipinski definition) is 4. The topological polar surface area (TPSA) is 52.2 Å². The molecule has 24 heavy (non-hydrogen) atoms. The molecule has 0 saturated heterocycles. The molecule has 1 aromatic rings. The molecule has 0 radical (unpaired) electrons. The lowest BCUT2D eigenvalue weighted by molar-refractivity contribution is -0.136. The van der Waals surface area contributed by atoms with Crippen LogP contribution in [0.5, 0.6) is 0 Å². The van der Waals surface area contributed by atoms with E-state index in [4.69, 9.17) is 27.6 Å². The summed E-state index contributed by atoms with van der Waals surface area (Å²) < 4.78 is 24.4. The maximum Gasteiger partial charge on any atom is 0.336 e. The summed E-state index contributed by atoms with van der Waals surface area (Å²) in [4.78, 5) is 20.2. The van der Waals surface area contributed by atoms with Crippen LogP contribution in [0, 0.1) is 12.4 Å². The van der Waals surface area contributed by atoms with Gasteiger partial charge in [-0.2, -0.15) is 0 Å². The van der Waals surface area contributed by atoms with E-state index in [1.54, 1.807) is 6.92 Å². The molecule has 0 bridgehead atoms. The highest BCUT2D eigenvalue weighted by Gasteiger charge is 2.43. The molecule has 0 spiro atoms. The molecule has 7 heteroatoms. The van der Waals surface area contributed by atoms with Gasteiger partial charge >= 0.3 is 5.97 Å². The van der Waals surface area contributed by atoms with Crippen molar-refractivity contribution in [2.75, 3.05) is 20.8 Å². The minimum Gasteiger partial charge on any atom is -0.466 e. The van der Waals surface area contributed by atoms with Crippen LogP contribution in [-0.4, -0.2) is 38.5 Å². The second-order valence-electron chi connectivity index (χ2n) is 5.26. The average Bonchev–Trinajstić information content (AvgIpc) is 2.54. The molecule has 5 nitrogen and oxygen atoms in total. The molecule has 0 amide bonds. The van der Waals surface area contributed by atoms with Crippen LogP contribution in [-0.2, 0) is 14.3 Å². The van der Waals surface area contributed by atoms with Crippen molar-refractivity contribution in [2.24, 2.45) is 4.99 Å². The average molecular weight is 351 g/mol. The third-order valence-corrected chi connectivity index (χ3v) is 4.04. The number of aliphatic imine (C=N–C) groups is 1. The van der Waals surface area contributed by atoms with Gasteiger partial charge in [0.05, 0.1) is 30.7 Å². The highest BCUT2D eigenvalue weighted by atomic mass is 35.5. The Balaban J connectivity index is 2.72. The monoisotopic (exact) mass is 350 g/mol. The lowest BCUT2D eigenvalue weighted by atomic mass is 9.80. The fourth-order valence-electron chi connectivity index (χ4n) is 2.77. The van der Waals surface area contributed by atoms with E-state index >= 15 is 0 Å². The van der Waals surface area contributed by atoms with E-state index in [0.717, 1.165) is 6.07 Å². The summed E-state index contributed by atoms with van der Waals surface area (Å²) in [5, 5.41) is 0.234. The van der Waals surface area contributed by atoms with Crippen molar-refractivity contribution in [3.05, 3.63) is 57.3 Å². The number of carbonyl (C=O) groups is 1. The number of nitrogens with zero attached hydrogens (tertiary/aromatic N) is 2. The number of ether oxygens (including phenoxy) is 2. The Hall–Kier alpha value is -2.23. The van der Waals surface area contributed by atoms with Gasteiger partial charge in [0, 0.05) is 17.7 Å². The molecule has 0 aromatic heterocycles. The molecule has 0 fully saturated rings. The standard InChI is InChI=1S/C17H16ClFN2O3/c1-9-16(20-2)14(11-6-5-10(18)7-12(11)19)15(17(22)24-4)13(21-9)8-23-3/h5-7,14,16H,8H2,1,3-4H3. The summed E-state index contributed by atoms with van der Waals surface area (Å²) in [6, 6.07) is 3.35. The van der Waals surface area contributed by atoms with Crippen LogP contribution in [0.15, 0.2) is 34.5 Å². The third kappa shape index (κ3) is 3.32. The van der Waals surface area contributed by atoms with E-state index in [2.05, 4.69) is 9.84 Å². The lowest BCUT2D eigenvalue weighted by Crippen LogP contribution is -2.33. The van der Waals surface area contributed by atoms with E-state index in [-0.39, 0.29) is 22.8 Å². The lowest BCUT2D eigenvalue weighted by Gasteiger charge is -2.26. The normalized spacial score (nSPS) is 20.4. The highest BCUT2D eigenvalue weighted by Crippen LogP contribution is 2.39. The summed E-state index contributed by atoms with van der Waals surface area (Å²) >= 11 is 5.81. The molecule has 1 aromatic carbocycles. The van der Waals surface area contributed by atoms with Gasteiger partial charge in [-0.3, -0.25) is 4.99 Å². The van der Waals surface area contributed by atoms with Gasteiger partial charge in [-0.1, -0.05) is 17.7 Å². The van der Waals surface area contributed by atoms with Gasteiger partial charge < -0.3 is 14.3 Å². The Morgan fingerprint density at radius 2 is 2.17 bits per heavy atom. The molecule has 1 aliphatic rings. The van der Waals surface area contributed by atoms with Crippen molar-refractivity contribution < 1.29 is 18.7 Å². The maximum absolute atomic E-state index is 14.5. The Morgan fingerprint density at radius 1 is 1.46 bits per heavy atom. The maximum atomic E-state index is 14.5. The van der Waals surface area contributed by atoms with Gasteiger partial charge in [0.1, 0.15) is 11.7 Å². The van der Waals surface area contributed by atoms with Crippen LogP contribution in [0.25, 0.3) is 4.85 Å². The van der Waals surface area contributed by atoms with Crippen molar-refractivity contribution in [2.45, 2.75) is 18.9 Å². The van der Waals surface area contributed by atoms with Crippen molar-refractivity contribution in [1.29, 1.82) is 0 Å². The third-order valence-electron chi connectivity index (χ3n) is 3.80. The fourth-order valence-corrected chi connectivity index (χ4v) is 2.93. The van der Waals surface area contributed by atoms with Gasteiger partial charge in [-0.25, -0.2) is 15.8 Å². The summed E-state index contributed by atoms with van der Waals surface area (Å²) in [5.41, 5.74) is 1.15. The first kappa shape index (κ1) is 18.1. The molecule has 0 saturated carbocycles. The SMILES string of the molecule is [C-]#[N+]C1C(C)=NC(COC)=C(C(=O)OC)C1c1ccc(Cl)cc1F. The summed E-state index contributed by atoms with van der Waals surface area (Å²) in [7, 11) is 2.69. The Morgan fingerprint density at radius 3 is 2.71 bits per heavy atom. The highest BCUT2D eigenvalue weighted by molar-refractivity contribution is 6.30. The van der Waals surface area contributed by atoms with Gasteiger partial charge in [0.15, 0.2) is 0 Å². The predicted molar refractivity (Wildman–Crippen MR) is 88.6 cm³/mol. The predicted octanol–water partition coefficient (Wildman–Crippen LogP) is 3.40. The van der Waals surface area contributed by atoms with Crippen molar-refractivity contribution in [3.8, 4) is 0 Å². The molecule has 1 aliphatic heterocycles. The van der Waals surface area contributed by atoms with Crippen LogP contribution in [0.1, 0.15) is 18.4 Å². The molecule has 2 atom stereocenters. The van der Waals surface area contributed by atoms with E-state index in [1.165, 1.54) is 26.4 Å². The summed E-state index contributed by atoms with van der Waals surface area (Å²) in [6.45, 7) is 9.19. The van der Waals surface area contributed by atoms with E-state index < -0.39 is 23.7 Å². The fraction of sp³-hybridized carbons (Fsp3) is 0.353. The first-order valence-electron chi connectivity index (χ1n) is 7.11. The molecule has 2 unspecified atom stereocenters. The molecule has 0 aliphatic carbocycles. The molecule has 2 rings (SSSR count). The largest absolute Gasteiger partial charge is 0.466 e. The zero-order chi connectivity index (χ0) is 17.9. The van der Waals surface area contributed by atoms with Gasteiger partial charge in [-0.15, -0.1) is 0 Å². The van der Waals surface area contributed by atoms with Gasteiger partial charge in [-0.05, 0) is 19.1 Å². The smallest absolute Gasteiger partial charge is 0.336 e. The van der Waals surface area contributed by atoms with E-state index in [9.17, 15) is 9.18 Å². The number of hydrogen-bond donors (Lipinski definition) is 0. The number of halogens is 2. The first-order chi connectivity index (χ1) is 11.4. The van der Waals surface area contributed by atoms with Gasteiger partial charge in [0.25, 0.3) is 6.04 Å². The number of rotatable bonds is 4. The molecular weight excluding hydrogens is 335 g/mol. The second kappa shape index (κ2) is 7.56. The van der Waals surface area contributed by atoms with Crippen molar-refractivity contribution in [3.63, 3.8) is 0 Å².